The molecule has 0 spiro atoms. The molecule has 19 heavy (non-hydrogen) atoms. The molecule has 0 aliphatic carbocycles. The van der Waals surface area contributed by atoms with Crippen molar-refractivity contribution in [3.8, 4) is 0 Å². The molecule has 0 unspecified atom stereocenters. The van der Waals surface area contributed by atoms with Crippen LogP contribution in [0.25, 0.3) is 0 Å². The number of carboxylic acid groups (broad SMARTS) is 1. The van der Waals surface area contributed by atoms with Gasteiger partial charge in [-0.2, -0.15) is 0 Å². The first-order chi connectivity index (χ1) is 8.79. The zero-order chi connectivity index (χ0) is 14.5. The van der Waals surface area contributed by atoms with Crippen molar-refractivity contribution in [3.63, 3.8) is 0 Å². The van der Waals surface area contributed by atoms with Gasteiger partial charge in [-0.05, 0) is 20.8 Å². The maximum atomic E-state index is 11.5. The Bertz CT molecular complexity index is 471. The maximum Gasteiger partial charge on any atom is 0.339 e. The number of aromatic nitrogens is 2. The van der Waals surface area contributed by atoms with Gasteiger partial charge in [0.05, 0.1) is 11.4 Å². The monoisotopic (exact) mass is 284 g/mol. The molecular formula is C12H16N2O4S. The molecule has 104 valence electrons. The Balaban J connectivity index is 2.50. The van der Waals surface area contributed by atoms with Crippen LogP contribution >= 0.6 is 11.8 Å². The lowest BCUT2D eigenvalue weighted by Crippen LogP contribution is -2.25. The van der Waals surface area contributed by atoms with Crippen LogP contribution in [0.4, 0.5) is 0 Å². The molecule has 1 aromatic heterocycles. The second-order valence-electron chi connectivity index (χ2n) is 4.77. The quantitative estimate of drug-likeness (QED) is 0.824. The van der Waals surface area contributed by atoms with Gasteiger partial charge in [0, 0.05) is 11.9 Å². The van der Waals surface area contributed by atoms with Gasteiger partial charge in [-0.1, -0.05) is 0 Å². The number of esters is 1. The third-order valence-electron chi connectivity index (χ3n) is 1.90. The number of rotatable bonds is 5. The predicted octanol–water partition coefficient (Wildman–Crippen LogP) is 1.75. The van der Waals surface area contributed by atoms with Gasteiger partial charge in [0.2, 0.25) is 0 Å². The summed E-state index contributed by atoms with van der Waals surface area (Å²) in [5.74, 6) is -0.930. The number of thioether (sulfide) groups is 1. The Morgan fingerprint density at radius 2 is 2.11 bits per heavy atom. The lowest BCUT2D eigenvalue weighted by Gasteiger charge is -2.19. The molecule has 0 fully saturated rings. The molecule has 1 aromatic rings. The number of carboxylic acids is 1. The summed E-state index contributed by atoms with van der Waals surface area (Å²) < 4.78 is 5.14. The standard InChI is InChI=1S/C12H16N2O4S/c1-12(2,3)18-10(15)6-19-5-9-8(11(16)17)4-13-7-14-9/h4,7H,5-6H2,1-3H3,(H,16,17). The summed E-state index contributed by atoms with van der Waals surface area (Å²) in [5.41, 5.74) is -0.0612. The van der Waals surface area contributed by atoms with Gasteiger partial charge in [0.15, 0.2) is 0 Å². The van der Waals surface area contributed by atoms with E-state index in [-0.39, 0.29) is 17.3 Å². The van der Waals surface area contributed by atoms with Crippen LogP contribution < -0.4 is 0 Å². The van der Waals surface area contributed by atoms with Gasteiger partial charge in [-0.3, -0.25) is 4.79 Å². The summed E-state index contributed by atoms with van der Waals surface area (Å²) in [4.78, 5) is 30.0. The molecule has 7 heteroatoms. The van der Waals surface area contributed by atoms with Crippen molar-refractivity contribution >= 4 is 23.7 Å². The average Bonchev–Trinajstić information content (AvgIpc) is 2.27. The summed E-state index contributed by atoms with van der Waals surface area (Å²) >= 11 is 1.26. The molecule has 0 aliphatic rings. The summed E-state index contributed by atoms with van der Waals surface area (Å²) in [7, 11) is 0. The van der Waals surface area contributed by atoms with Crippen molar-refractivity contribution < 1.29 is 19.4 Å². The molecule has 1 heterocycles. The smallest absolute Gasteiger partial charge is 0.339 e. The molecule has 0 bridgehead atoms. The Hall–Kier alpha value is -1.63. The number of nitrogens with zero attached hydrogens (tertiary/aromatic N) is 2. The third kappa shape index (κ3) is 5.69. The minimum Gasteiger partial charge on any atom is -0.478 e. The first kappa shape index (κ1) is 15.4. The minimum absolute atomic E-state index is 0.0548. The Labute approximate surface area is 115 Å². The van der Waals surface area contributed by atoms with Crippen molar-refractivity contribution in [1.29, 1.82) is 0 Å². The normalized spacial score (nSPS) is 11.1. The van der Waals surface area contributed by atoms with E-state index in [9.17, 15) is 9.59 Å². The van der Waals surface area contributed by atoms with Gasteiger partial charge >= 0.3 is 11.9 Å². The first-order valence-electron chi connectivity index (χ1n) is 5.61. The summed E-state index contributed by atoms with van der Waals surface area (Å²) in [6, 6.07) is 0. The van der Waals surface area contributed by atoms with E-state index in [0.717, 1.165) is 0 Å². The molecule has 0 aromatic carbocycles. The van der Waals surface area contributed by atoms with Crippen molar-refractivity contribution in [3.05, 3.63) is 23.8 Å². The fourth-order valence-corrected chi connectivity index (χ4v) is 2.00. The lowest BCUT2D eigenvalue weighted by molar-refractivity contribution is -0.151. The Kier molecular flexibility index (Phi) is 5.29. The van der Waals surface area contributed by atoms with E-state index in [1.807, 2.05) is 0 Å². The predicted molar refractivity (Wildman–Crippen MR) is 71.0 cm³/mol. The Morgan fingerprint density at radius 1 is 1.42 bits per heavy atom. The zero-order valence-electron chi connectivity index (χ0n) is 11.0. The van der Waals surface area contributed by atoms with Crippen molar-refractivity contribution in [2.24, 2.45) is 0 Å². The number of aromatic carboxylic acids is 1. The fourth-order valence-electron chi connectivity index (χ4n) is 1.25. The van der Waals surface area contributed by atoms with Crippen LogP contribution in [-0.2, 0) is 15.3 Å². The largest absolute Gasteiger partial charge is 0.478 e. The molecule has 0 amide bonds. The maximum absolute atomic E-state index is 11.5. The lowest BCUT2D eigenvalue weighted by atomic mass is 10.2. The second kappa shape index (κ2) is 6.51. The molecule has 1 N–H and O–H groups in total. The van der Waals surface area contributed by atoms with E-state index in [1.54, 1.807) is 20.8 Å². The van der Waals surface area contributed by atoms with Crippen LogP contribution in [0.2, 0.25) is 0 Å². The van der Waals surface area contributed by atoms with Crippen LogP contribution in [0.1, 0.15) is 36.8 Å². The van der Waals surface area contributed by atoms with Gasteiger partial charge in [-0.25, -0.2) is 14.8 Å². The van der Waals surface area contributed by atoms with E-state index >= 15 is 0 Å². The molecule has 1 rings (SSSR count). The molecule has 6 nitrogen and oxygen atoms in total. The first-order valence-corrected chi connectivity index (χ1v) is 6.77. The molecule has 0 radical (unpaired) electrons. The molecule has 0 saturated heterocycles. The number of hydrogen-bond donors (Lipinski definition) is 1. The van der Waals surface area contributed by atoms with Crippen LogP contribution in [0.5, 0.6) is 0 Å². The molecular weight excluding hydrogens is 268 g/mol. The van der Waals surface area contributed by atoms with E-state index in [0.29, 0.717) is 11.4 Å². The minimum atomic E-state index is -1.08. The van der Waals surface area contributed by atoms with Crippen LogP contribution in [0.3, 0.4) is 0 Å². The highest BCUT2D eigenvalue weighted by molar-refractivity contribution is 7.99. The highest BCUT2D eigenvalue weighted by atomic mass is 32.2. The van der Waals surface area contributed by atoms with Gasteiger partial charge in [0.1, 0.15) is 17.5 Å². The van der Waals surface area contributed by atoms with Crippen LogP contribution in [0, 0.1) is 0 Å². The highest BCUT2D eigenvalue weighted by Crippen LogP contribution is 2.15. The summed E-state index contributed by atoms with van der Waals surface area (Å²) in [6.07, 6.45) is 2.54. The third-order valence-corrected chi connectivity index (χ3v) is 2.82. The van der Waals surface area contributed by atoms with E-state index in [2.05, 4.69) is 9.97 Å². The molecule has 0 aliphatic heterocycles. The Morgan fingerprint density at radius 3 is 2.68 bits per heavy atom. The molecule has 0 saturated carbocycles. The number of ether oxygens (including phenoxy) is 1. The fraction of sp³-hybridized carbons (Fsp3) is 0.500. The average molecular weight is 284 g/mol. The molecule has 0 atom stereocenters. The van der Waals surface area contributed by atoms with E-state index in [4.69, 9.17) is 9.84 Å². The highest BCUT2D eigenvalue weighted by Gasteiger charge is 2.17. The van der Waals surface area contributed by atoms with Gasteiger partial charge in [-0.15, -0.1) is 11.8 Å². The topological polar surface area (TPSA) is 89.4 Å². The van der Waals surface area contributed by atoms with Crippen molar-refractivity contribution in [1.82, 2.24) is 9.97 Å². The summed E-state index contributed by atoms with van der Waals surface area (Å²) in [6.45, 7) is 5.38. The number of carbonyl (C=O) groups is 2. The van der Waals surface area contributed by atoms with Gasteiger partial charge < -0.3 is 9.84 Å². The number of hydrogen-bond acceptors (Lipinski definition) is 6. The summed E-state index contributed by atoms with van der Waals surface area (Å²) in [5, 5.41) is 8.95. The number of carbonyl (C=O) groups excluding carboxylic acids is 1. The second-order valence-corrected chi connectivity index (χ2v) is 5.75. The van der Waals surface area contributed by atoms with E-state index < -0.39 is 11.6 Å². The SMILES string of the molecule is CC(C)(C)OC(=O)CSCc1ncncc1C(=O)O. The van der Waals surface area contributed by atoms with Crippen LogP contribution in [0.15, 0.2) is 12.5 Å². The van der Waals surface area contributed by atoms with Crippen molar-refractivity contribution in [2.45, 2.75) is 32.1 Å². The van der Waals surface area contributed by atoms with Gasteiger partial charge in [0.25, 0.3) is 0 Å². The van der Waals surface area contributed by atoms with E-state index in [1.165, 1.54) is 24.3 Å². The zero-order valence-corrected chi connectivity index (χ0v) is 11.9. The van der Waals surface area contributed by atoms with Crippen LogP contribution in [-0.4, -0.2) is 38.4 Å². The van der Waals surface area contributed by atoms with Crippen molar-refractivity contribution in [2.75, 3.05) is 5.75 Å².